The largest absolute Gasteiger partial charge is 0.481 e. The van der Waals surface area contributed by atoms with Crippen molar-refractivity contribution in [3.8, 4) is 0 Å². The van der Waals surface area contributed by atoms with Crippen LogP contribution in [0.15, 0.2) is 29.0 Å². The summed E-state index contributed by atoms with van der Waals surface area (Å²) in [6.07, 6.45) is 6.35. The summed E-state index contributed by atoms with van der Waals surface area (Å²) >= 11 is 0. The van der Waals surface area contributed by atoms with Gasteiger partial charge in [0.25, 0.3) is 0 Å². The molecule has 0 atom stereocenters. The third-order valence-electron chi connectivity index (χ3n) is 1.14. The summed E-state index contributed by atoms with van der Waals surface area (Å²) in [5.74, 6) is -0.849. The zero-order valence-corrected chi connectivity index (χ0v) is 5.82. The Hall–Kier alpha value is -1.58. The van der Waals surface area contributed by atoms with Crippen LogP contribution in [0.2, 0.25) is 0 Å². The molecular weight excluding hydrogens is 144 g/mol. The standard InChI is InChI=1S/C7H8N2O2/c10-7(11)3-6-1-2-8-5-9-4-6/h1-2,4-5H,3H2,(H,8,9)(H,10,11). The van der Waals surface area contributed by atoms with E-state index in [-0.39, 0.29) is 6.42 Å². The van der Waals surface area contributed by atoms with Gasteiger partial charge in [-0.2, -0.15) is 0 Å². The molecule has 0 fully saturated rings. The second kappa shape index (κ2) is 3.55. The monoisotopic (exact) mass is 152 g/mol. The number of allylic oxidation sites excluding steroid dienone is 1. The predicted octanol–water partition coefficient (Wildman–Crippen LogP) is 0.490. The molecule has 0 aromatic rings. The van der Waals surface area contributed by atoms with Crippen LogP contribution in [0, 0.1) is 0 Å². The molecule has 0 unspecified atom stereocenters. The molecule has 0 saturated heterocycles. The summed E-state index contributed by atoms with van der Waals surface area (Å²) in [4.78, 5) is 14.0. The van der Waals surface area contributed by atoms with Gasteiger partial charge in [-0.05, 0) is 11.6 Å². The molecule has 0 amide bonds. The van der Waals surface area contributed by atoms with Gasteiger partial charge in [-0.15, -0.1) is 0 Å². The molecular formula is C7H8N2O2. The number of carboxylic acids is 1. The van der Waals surface area contributed by atoms with Crippen molar-refractivity contribution < 1.29 is 9.90 Å². The number of nitrogens with one attached hydrogen (secondary N) is 1. The van der Waals surface area contributed by atoms with Crippen molar-refractivity contribution in [1.82, 2.24) is 5.32 Å². The summed E-state index contributed by atoms with van der Waals surface area (Å²) in [5, 5.41) is 11.1. The first-order valence-electron chi connectivity index (χ1n) is 3.14. The number of carbonyl (C=O) groups is 1. The van der Waals surface area contributed by atoms with Crippen LogP contribution in [0.4, 0.5) is 0 Å². The van der Waals surface area contributed by atoms with E-state index in [4.69, 9.17) is 5.11 Å². The van der Waals surface area contributed by atoms with Crippen molar-refractivity contribution in [2.45, 2.75) is 6.42 Å². The number of rotatable bonds is 2. The summed E-state index contributed by atoms with van der Waals surface area (Å²) < 4.78 is 0. The van der Waals surface area contributed by atoms with Gasteiger partial charge < -0.3 is 10.4 Å². The second-order valence-electron chi connectivity index (χ2n) is 2.05. The van der Waals surface area contributed by atoms with E-state index in [1.54, 1.807) is 12.3 Å². The maximum Gasteiger partial charge on any atom is 0.307 e. The Morgan fingerprint density at radius 3 is 3.27 bits per heavy atom. The van der Waals surface area contributed by atoms with Crippen LogP contribution in [0.3, 0.4) is 0 Å². The minimum atomic E-state index is -0.849. The molecule has 0 aromatic carbocycles. The lowest BCUT2D eigenvalue weighted by molar-refractivity contribution is -0.136. The molecule has 2 N–H and O–H groups in total. The minimum absolute atomic E-state index is 0.00944. The van der Waals surface area contributed by atoms with Crippen LogP contribution >= 0.6 is 0 Å². The smallest absolute Gasteiger partial charge is 0.307 e. The fourth-order valence-corrected chi connectivity index (χ4v) is 0.696. The van der Waals surface area contributed by atoms with Gasteiger partial charge >= 0.3 is 5.97 Å². The first kappa shape index (κ1) is 7.53. The average molecular weight is 152 g/mol. The van der Waals surface area contributed by atoms with E-state index in [1.807, 2.05) is 0 Å². The molecule has 1 aliphatic heterocycles. The van der Waals surface area contributed by atoms with E-state index in [0.29, 0.717) is 5.57 Å². The fraction of sp³-hybridized carbons (Fsp3) is 0.143. The Balaban J connectivity index is 2.62. The third-order valence-corrected chi connectivity index (χ3v) is 1.14. The fourth-order valence-electron chi connectivity index (χ4n) is 0.696. The lowest BCUT2D eigenvalue weighted by Gasteiger charge is -1.91. The van der Waals surface area contributed by atoms with E-state index >= 15 is 0 Å². The summed E-state index contributed by atoms with van der Waals surface area (Å²) in [5.41, 5.74) is 0.679. The van der Waals surface area contributed by atoms with E-state index in [2.05, 4.69) is 10.3 Å². The van der Waals surface area contributed by atoms with Crippen LogP contribution in [0.25, 0.3) is 0 Å². The van der Waals surface area contributed by atoms with E-state index in [1.165, 1.54) is 12.5 Å². The Morgan fingerprint density at radius 2 is 2.55 bits per heavy atom. The first-order chi connectivity index (χ1) is 5.29. The molecule has 1 rings (SSSR count). The number of hydrogen-bond acceptors (Lipinski definition) is 3. The Bertz CT molecular complexity index is 241. The number of aliphatic carboxylic acids is 1. The molecule has 0 radical (unpaired) electrons. The average Bonchev–Trinajstić information content (AvgIpc) is 2.14. The Labute approximate surface area is 63.9 Å². The van der Waals surface area contributed by atoms with Crippen molar-refractivity contribution in [2.24, 2.45) is 4.99 Å². The van der Waals surface area contributed by atoms with Gasteiger partial charge in [0, 0.05) is 12.4 Å². The normalized spacial score (nSPS) is 15.1. The van der Waals surface area contributed by atoms with Gasteiger partial charge in [-0.25, -0.2) is 4.99 Å². The van der Waals surface area contributed by atoms with Gasteiger partial charge in [-0.3, -0.25) is 4.79 Å². The van der Waals surface area contributed by atoms with Crippen LogP contribution < -0.4 is 5.32 Å². The Kier molecular flexibility index (Phi) is 2.43. The quantitative estimate of drug-likeness (QED) is 0.605. The number of aliphatic imine (C=N–C) groups is 1. The van der Waals surface area contributed by atoms with E-state index in [0.717, 1.165) is 0 Å². The topological polar surface area (TPSA) is 61.7 Å². The maximum absolute atomic E-state index is 10.2. The lowest BCUT2D eigenvalue weighted by atomic mass is 10.2. The van der Waals surface area contributed by atoms with Crippen molar-refractivity contribution in [3.63, 3.8) is 0 Å². The maximum atomic E-state index is 10.2. The second-order valence-corrected chi connectivity index (χ2v) is 2.05. The molecule has 4 nitrogen and oxygen atoms in total. The van der Waals surface area contributed by atoms with Gasteiger partial charge in [0.05, 0.1) is 12.8 Å². The van der Waals surface area contributed by atoms with Gasteiger partial charge in [0.1, 0.15) is 0 Å². The van der Waals surface area contributed by atoms with E-state index in [9.17, 15) is 4.79 Å². The molecule has 0 saturated carbocycles. The molecule has 11 heavy (non-hydrogen) atoms. The van der Waals surface area contributed by atoms with Gasteiger partial charge in [0.15, 0.2) is 0 Å². The van der Waals surface area contributed by atoms with Crippen LogP contribution in [0.5, 0.6) is 0 Å². The summed E-state index contributed by atoms with van der Waals surface area (Å²) in [6.45, 7) is 0. The molecule has 0 aromatic heterocycles. The van der Waals surface area contributed by atoms with Crippen molar-refractivity contribution >= 4 is 12.3 Å². The van der Waals surface area contributed by atoms with Crippen LogP contribution in [0.1, 0.15) is 6.42 Å². The molecule has 0 bridgehead atoms. The highest BCUT2D eigenvalue weighted by Crippen LogP contribution is 2.03. The van der Waals surface area contributed by atoms with Crippen molar-refractivity contribution in [2.75, 3.05) is 0 Å². The lowest BCUT2D eigenvalue weighted by Crippen LogP contribution is -1.98. The molecule has 1 heterocycles. The molecule has 4 heteroatoms. The SMILES string of the molecule is O=C(O)CC1=CN=CNC=C1. The van der Waals surface area contributed by atoms with Gasteiger partial charge in [-0.1, -0.05) is 0 Å². The minimum Gasteiger partial charge on any atom is -0.481 e. The number of hydrogen-bond donors (Lipinski definition) is 2. The highest BCUT2D eigenvalue weighted by Gasteiger charge is 2.00. The van der Waals surface area contributed by atoms with Crippen molar-refractivity contribution in [1.29, 1.82) is 0 Å². The molecule has 0 spiro atoms. The van der Waals surface area contributed by atoms with E-state index < -0.39 is 5.97 Å². The highest BCUT2D eigenvalue weighted by molar-refractivity contribution is 5.71. The number of nitrogens with zero attached hydrogens (tertiary/aromatic N) is 1. The number of carboxylic acid groups (broad SMARTS) is 1. The Morgan fingerprint density at radius 1 is 1.73 bits per heavy atom. The molecule has 0 aliphatic carbocycles. The summed E-state index contributed by atoms with van der Waals surface area (Å²) in [7, 11) is 0. The van der Waals surface area contributed by atoms with Crippen LogP contribution in [-0.2, 0) is 4.79 Å². The molecule has 58 valence electrons. The first-order valence-corrected chi connectivity index (χ1v) is 3.14. The summed E-state index contributed by atoms with van der Waals surface area (Å²) in [6, 6.07) is 0. The molecule has 1 aliphatic rings. The van der Waals surface area contributed by atoms with Crippen molar-refractivity contribution in [3.05, 3.63) is 24.0 Å². The van der Waals surface area contributed by atoms with Crippen LogP contribution in [-0.4, -0.2) is 17.4 Å². The third kappa shape index (κ3) is 2.66. The zero-order valence-electron chi connectivity index (χ0n) is 5.82. The highest BCUT2D eigenvalue weighted by atomic mass is 16.4. The van der Waals surface area contributed by atoms with Gasteiger partial charge in [0.2, 0.25) is 0 Å². The zero-order chi connectivity index (χ0) is 8.10. The predicted molar refractivity (Wildman–Crippen MR) is 41.1 cm³/mol.